The molecule has 0 N–H and O–H groups in total. The Morgan fingerprint density at radius 3 is 2.78 bits per heavy atom. The normalized spacial score (nSPS) is 18.7. The predicted octanol–water partition coefficient (Wildman–Crippen LogP) is 4.17. The van der Waals surface area contributed by atoms with Gasteiger partial charge in [0.05, 0.1) is 11.5 Å². The van der Waals surface area contributed by atoms with Gasteiger partial charge in [0.1, 0.15) is 11.3 Å². The predicted molar refractivity (Wildman–Crippen MR) is 88.3 cm³/mol. The fourth-order valence-corrected chi connectivity index (χ4v) is 2.98. The number of hydrogen-bond donors (Lipinski definition) is 0. The fourth-order valence-electron chi connectivity index (χ4n) is 2.80. The Bertz CT molecular complexity index is 693. The summed E-state index contributed by atoms with van der Waals surface area (Å²) in [5.74, 6) is 0. The third-order valence-electron chi connectivity index (χ3n) is 3.88. The van der Waals surface area contributed by atoms with E-state index in [1.807, 2.05) is 18.2 Å². The molecule has 1 aliphatic rings. The molecule has 3 rings (SSSR count). The van der Waals surface area contributed by atoms with Crippen molar-refractivity contribution < 1.29 is 9.66 Å². The topological polar surface area (TPSA) is 55.6 Å². The molecule has 6 heteroatoms. The van der Waals surface area contributed by atoms with E-state index in [2.05, 4.69) is 17.0 Å². The van der Waals surface area contributed by atoms with Crippen molar-refractivity contribution in [2.45, 2.75) is 19.2 Å². The van der Waals surface area contributed by atoms with Gasteiger partial charge < -0.3 is 4.74 Å². The summed E-state index contributed by atoms with van der Waals surface area (Å²) in [5.41, 5.74) is 1.86. The number of nitro groups is 1. The summed E-state index contributed by atoms with van der Waals surface area (Å²) >= 11 is 5.90. The third kappa shape index (κ3) is 3.69. The average molecular weight is 333 g/mol. The third-order valence-corrected chi connectivity index (χ3v) is 4.20. The van der Waals surface area contributed by atoms with Crippen LogP contribution in [0.15, 0.2) is 48.5 Å². The zero-order valence-electron chi connectivity index (χ0n) is 12.5. The van der Waals surface area contributed by atoms with Crippen LogP contribution in [-0.2, 0) is 11.3 Å². The first kappa shape index (κ1) is 15.9. The zero-order chi connectivity index (χ0) is 16.2. The molecule has 0 spiro atoms. The Labute approximate surface area is 139 Å². The Kier molecular flexibility index (Phi) is 4.91. The van der Waals surface area contributed by atoms with Crippen LogP contribution in [0.4, 0.5) is 5.69 Å². The molecule has 5 nitrogen and oxygen atoms in total. The van der Waals surface area contributed by atoms with Gasteiger partial charge in [-0.25, -0.2) is 0 Å². The van der Waals surface area contributed by atoms with E-state index in [4.69, 9.17) is 16.3 Å². The standard InChI is InChI=1S/C17H17ClN2O3/c18-15-8-7-14(11-16(15)20(21)22)17-19(9-4-10-23-17)12-13-5-2-1-3-6-13/h1-3,5-8,11,17H,4,9-10,12H2. The van der Waals surface area contributed by atoms with Crippen LogP contribution >= 0.6 is 11.6 Å². The van der Waals surface area contributed by atoms with Crippen molar-refractivity contribution in [1.82, 2.24) is 4.90 Å². The van der Waals surface area contributed by atoms with E-state index >= 15 is 0 Å². The van der Waals surface area contributed by atoms with E-state index in [0.29, 0.717) is 6.61 Å². The summed E-state index contributed by atoms with van der Waals surface area (Å²) < 4.78 is 5.88. The number of benzene rings is 2. The van der Waals surface area contributed by atoms with Gasteiger partial charge in [-0.2, -0.15) is 0 Å². The van der Waals surface area contributed by atoms with Gasteiger partial charge in [-0.3, -0.25) is 15.0 Å². The van der Waals surface area contributed by atoms with Crippen molar-refractivity contribution in [2.24, 2.45) is 0 Å². The van der Waals surface area contributed by atoms with Gasteiger partial charge in [0.2, 0.25) is 0 Å². The molecule has 2 aromatic rings. The Hall–Kier alpha value is -1.95. The lowest BCUT2D eigenvalue weighted by Crippen LogP contribution is -2.36. The monoisotopic (exact) mass is 332 g/mol. The first-order chi connectivity index (χ1) is 11.1. The average Bonchev–Trinajstić information content (AvgIpc) is 2.57. The lowest BCUT2D eigenvalue weighted by Gasteiger charge is -2.35. The highest BCUT2D eigenvalue weighted by atomic mass is 35.5. The molecule has 23 heavy (non-hydrogen) atoms. The second-order valence-corrected chi connectivity index (χ2v) is 5.91. The zero-order valence-corrected chi connectivity index (χ0v) is 13.3. The van der Waals surface area contributed by atoms with Crippen LogP contribution in [-0.4, -0.2) is 23.0 Å². The molecule has 2 aromatic carbocycles. The molecule has 0 aromatic heterocycles. The molecule has 1 unspecified atom stereocenters. The van der Waals surface area contributed by atoms with Crippen LogP contribution in [0.2, 0.25) is 5.02 Å². The molecule has 0 saturated carbocycles. The second kappa shape index (κ2) is 7.08. The number of ether oxygens (including phenoxy) is 1. The van der Waals surface area contributed by atoms with Crippen molar-refractivity contribution in [3.05, 3.63) is 74.8 Å². The van der Waals surface area contributed by atoms with Crippen molar-refractivity contribution in [2.75, 3.05) is 13.2 Å². The van der Waals surface area contributed by atoms with Crippen LogP contribution in [0, 0.1) is 10.1 Å². The molecule has 0 aliphatic carbocycles. The Morgan fingerprint density at radius 2 is 2.04 bits per heavy atom. The maximum absolute atomic E-state index is 11.1. The number of halogens is 1. The van der Waals surface area contributed by atoms with Crippen LogP contribution in [0.1, 0.15) is 23.8 Å². The summed E-state index contributed by atoms with van der Waals surface area (Å²) in [5, 5.41) is 11.2. The summed E-state index contributed by atoms with van der Waals surface area (Å²) in [7, 11) is 0. The van der Waals surface area contributed by atoms with Gasteiger partial charge in [0.25, 0.3) is 5.69 Å². The number of nitrogens with zero attached hydrogens (tertiary/aromatic N) is 2. The summed E-state index contributed by atoms with van der Waals surface area (Å²) in [6.07, 6.45) is 0.652. The maximum Gasteiger partial charge on any atom is 0.288 e. The fraction of sp³-hybridized carbons (Fsp3) is 0.294. The van der Waals surface area contributed by atoms with Crippen molar-refractivity contribution >= 4 is 17.3 Å². The second-order valence-electron chi connectivity index (χ2n) is 5.50. The molecule has 0 amide bonds. The molecular formula is C17H17ClN2O3. The van der Waals surface area contributed by atoms with E-state index in [-0.39, 0.29) is 16.9 Å². The van der Waals surface area contributed by atoms with E-state index in [1.165, 1.54) is 11.6 Å². The lowest BCUT2D eigenvalue weighted by molar-refractivity contribution is -0.384. The van der Waals surface area contributed by atoms with Crippen molar-refractivity contribution in [3.8, 4) is 0 Å². The van der Waals surface area contributed by atoms with Crippen LogP contribution in [0.25, 0.3) is 0 Å². The molecule has 0 bridgehead atoms. The van der Waals surface area contributed by atoms with Crippen molar-refractivity contribution in [3.63, 3.8) is 0 Å². The minimum atomic E-state index is -0.462. The molecule has 0 radical (unpaired) electrons. The molecule has 1 fully saturated rings. The highest BCUT2D eigenvalue weighted by Crippen LogP contribution is 2.33. The van der Waals surface area contributed by atoms with E-state index in [1.54, 1.807) is 12.1 Å². The molecule has 120 valence electrons. The first-order valence-electron chi connectivity index (χ1n) is 7.48. The lowest BCUT2D eigenvalue weighted by atomic mass is 10.1. The van der Waals surface area contributed by atoms with Crippen molar-refractivity contribution in [1.29, 1.82) is 0 Å². The number of rotatable bonds is 4. The summed E-state index contributed by atoms with van der Waals surface area (Å²) in [6.45, 7) is 2.27. The molecule has 1 aliphatic heterocycles. The van der Waals surface area contributed by atoms with Gasteiger partial charge in [-0.15, -0.1) is 0 Å². The molecular weight excluding hydrogens is 316 g/mol. The molecule has 1 heterocycles. The first-order valence-corrected chi connectivity index (χ1v) is 7.86. The van der Waals surface area contributed by atoms with Crippen LogP contribution in [0.5, 0.6) is 0 Å². The molecule has 1 saturated heterocycles. The minimum Gasteiger partial charge on any atom is -0.359 e. The smallest absolute Gasteiger partial charge is 0.288 e. The maximum atomic E-state index is 11.1. The van der Waals surface area contributed by atoms with Gasteiger partial charge in [-0.1, -0.05) is 48.0 Å². The largest absolute Gasteiger partial charge is 0.359 e. The minimum absolute atomic E-state index is 0.0852. The quantitative estimate of drug-likeness (QED) is 0.623. The van der Waals surface area contributed by atoms with Crippen LogP contribution in [0.3, 0.4) is 0 Å². The highest BCUT2D eigenvalue weighted by molar-refractivity contribution is 6.32. The van der Waals surface area contributed by atoms with Gasteiger partial charge >= 0.3 is 0 Å². The summed E-state index contributed by atoms with van der Waals surface area (Å²) in [4.78, 5) is 12.8. The van der Waals surface area contributed by atoms with E-state index in [0.717, 1.165) is 25.1 Å². The SMILES string of the molecule is O=[N+]([O-])c1cc(C2OCCCN2Cc2ccccc2)ccc1Cl. The number of hydrogen-bond acceptors (Lipinski definition) is 4. The van der Waals surface area contributed by atoms with E-state index in [9.17, 15) is 10.1 Å². The Morgan fingerprint density at radius 1 is 1.26 bits per heavy atom. The van der Waals surface area contributed by atoms with E-state index < -0.39 is 4.92 Å². The van der Waals surface area contributed by atoms with Gasteiger partial charge in [0, 0.05) is 24.7 Å². The number of nitro benzene ring substituents is 1. The Balaban J connectivity index is 1.86. The highest BCUT2D eigenvalue weighted by Gasteiger charge is 2.27. The summed E-state index contributed by atoms with van der Waals surface area (Å²) in [6, 6.07) is 15.0. The van der Waals surface area contributed by atoms with Crippen LogP contribution < -0.4 is 0 Å². The van der Waals surface area contributed by atoms with Gasteiger partial charge in [0.15, 0.2) is 0 Å². The van der Waals surface area contributed by atoms with Gasteiger partial charge in [-0.05, 0) is 18.1 Å². The molecule has 1 atom stereocenters.